The van der Waals surface area contributed by atoms with Crippen molar-refractivity contribution in [3.8, 4) is 0 Å². The van der Waals surface area contributed by atoms with Gasteiger partial charge in [-0.1, -0.05) is 12.1 Å². The van der Waals surface area contributed by atoms with Crippen LogP contribution in [0.1, 0.15) is 46.1 Å². The van der Waals surface area contributed by atoms with Crippen LogP contribution in [0.4, 0.5) is 4.39 Å². The third-order valence-electron chi connectivity index (χ3n) is 5.00. The predicted molar refractivity (Wildman–Crippen MR) is 117 cm³/mol. The number of hydrogen-bond acceptors (Lipinski definition) is 10. The summed E-state index contributed by atoms with van der Waals surface area (Å²) in [4.78, 5) is 46.7. The van der Waals surface area contributed by atoms with Gasteiger partial charge in [-0.15, -0.1) is 0 Å². The largest absolute Gasteiger partial charge is 0.463 e. The molecule has 11 heteroatoms. The highest BCUT2D eigenvalue weighted by Gasteiger charge is 2.52. The molecule has 10 nitrogen and oxygen atoms in total. The van der Waals surface area contributed by atoms with E-state index in [1.165, 1.54) is 19.1 Å². The average molecular weight is 499 g/mol. The minimum absolute atomic E-state index is 0.189. The van der Waals surface area contributed by atoms with E-state index in [9.17, 15) is 23.6 Å². The third kappa shape index (κ3) is 9.61. The van der Waals surface area contributed by atoms with Gasteiger partial charge in [0.25, 0.3) is 0 Å². The summed E-state index contributed by atoms with van der Waals surface area (Å²) in [6.07, 6.45) is -3.98. The Labute approximate surface area is 202 Å². The van der Waals surface area contributed by atoms with Crippen LogP contribution in [0.2, 0.25) is 0 Å². The quantitative estimate of drug-likeness (QED) is 0.255. The van der Waals surface area contributed by atoms with Crippen LogP contribution in [0.3, 0.4) is 0 Å². The van der Waals surface area contributed by atoms with Crippen LogP contribution in [0.15, 0.2) is 24.3 Å². The summed E-state index contributed by atoms with van der Waals surface area (Å²) in [5.41, 5.74) is 0.971. The number of rotatable bonds is 11. The van der Waals surface area contributed by atoms with Crippen LogP contribution in [0.5, 0.6) is 0 Å². The Morgan fingerprint density at radius 1 is 0.800 bits per heavy atom. The van der Waals surface area contributed by atoms with Gasteiger partial charge in [0, 0.05) is 34.3 Å². The number of hydrogen-bond donors (Lipinski definition) is 0. The van der Waals surface area contributed by atoms with E-state index in [4.69, 9.17) is 28.4 Å². The summed E-state index contributed by atoms with van der Waals surface area (Å²) in [6, 6.07) is 6.19. The summed E-state index contributed by atoms with van der Waals surface area (Å²) in [5.74, 6) is -3.01. The van der Waals surface area contributed by atoms with E-state index in [1.807, 2.05) is 0 Å². The first-order valence-electron chi connectivity index (χ1n) is 11.2. The Hall–Kier alpha value is -3.05. The van der Waals surface area contributed by atoms with E-state index in [2.05, 4.69) is 0 Å². The molecule has 5 unspecified atom stereocenters. The van der Waals surface area contributed by atoms with E-state index < -0.39 is 54.6 Å². The Bertz CT molecular complexity index is 872. The molecule has 5 atom stereocenters. The second-order valence-electron chi connectivity index (χ2n) is 8.02. The average Bonchev–Trinajstić information content (AvgIpc) is 2.76. The maximum Gasteiger partial charge on any atom is 0.303 e. The lowest BCUT2D eigenvalue weighted by molar-refractivity contribution is -0.308. The van der Waals surface area contributed by atoms with Gasteiger partial charge in [0.15, 0.2) is 24.6 Å². The second kappa shape index (κ2) is 13.7. The monoisotopic (exact) mass is 498 g/mol. The van der Waals surface area contributed by atoms with Gasteiger partial charge in [0.1, 0.15) is 18.5 Å². The molecule has 1 aliphatic rings. The lowest BCUT2D eigenvalue weighted by Gasteiger charge is -2.44. The molecule has 2 rings (SSSR count). The van der Waals surface area contributed by atoms with Crippen LogP contribution in [0, 0.1) is 5.82 Å². The second-order valence-corrected chi connectivity index (χ2v) is 8.02. The zero-order valence-corrected chi connectivity index (χ0v) is 20.2. The van der Waals surface area contributed by atoms with Crippen LogP contribution < -0.4 is 0 Å². The van der Waals surface area contributed by atoms with Crippen molar-refractivity contribution in [3.05, 3.63) is 35.6 Å². The zero-order chi connectivity index (χ0) is 26.0. The molecule has 0 saturated carbocycles. The molecule has 194 valence electrons. The first-order valence-corrected chi connectivity index (χ1v) is 11.2. The molecule has 1 aromatic carbocycles. The van der Waals surface area contributed by atoms with Gasteiger partial charge in [0.05, 0.1) is 0 Å². The molecule has 0 N–H and O–H groups in total. The number of esters is 4. The number of carbonyl (C=O) groups excluding carboxylic acids is 4. The van der Waals surface area contributed by atoms with Crippen molar-refractivity contribution in [1.29, 1.82) is 0 Å². The van der Waals surface area contributed by atoms with Crippen molar-refractivity contribution in [2.75, 3.05) is 13.2 Å². The Morgan fingerprint density at radius 2 is 1.37 bits per heavy atom. The first-order chi connectivity index (χ1) is 16.6. The van der Waals surface area contributed by atoms with Crippen molar-refractivity contribution in [2.45, 2.75) is 77.7 Å². The Balaban J connectivity index is 2.13. The van der Waals surface area contributed by atoms with Gasteiger partial charge < -0.3 is 28.4 Å². The SMILES string of the molecule is CC(=O)OCC1OC(OCCCCc2ccc(F)cc2)C(OC(C)=O)C(OC(C)=O)C1OC(C)=O. The maximum absolute atomic E-state index is 13.0. The number of ether oxygens (including phenoxy) is 6. The summed E-state index contributed by atoms with van der Waals surface area (Å²) in [5, 5.41) is 0. The van der Waals surface area contributed by atoms with Crippen molar-refractivity contribution in [2.24, 2.45) is 0 Å². The molecular weight excluding hydrogens is 467 g/mol. The lowest BCUT2D eigenvalue weighted by atomic mass is 9.98. The molecule has 1 saturated heterocycles. The van der Waals surface area contributed by atoms with Gasteiger partial charge in [-0.25, -0.2) is 4.39 Å². The topological polar surface area (TPSA) is 124 Å². The normalized spacial score (nSPS) is 23.7. The molecule has 0 spiro atoms. The molecule has 0 bridgehead atoms. The summed E-state index contributed by atoms with van der Waals surface area (Å²) >= 11 is 0. The lowest BCUT2D eigenvalue weighted by Crippen LogP contribution is -2.63. The Morgan fingerprint density at radius 3 is 1.94 bits per heavy atom. The van der Waals surface area contributed by atoms with Crippen LogP contribution in [0.25, 0.3) is 0 Å². The summed E-state index contributed by atoms with van der Waals surface area (Å²) in [6.45, 7) is 4.54. The molecule has 0 aliphatic carbocycles. The van der Waals surface area contributed by atoms with Gasteiger partial charge in [-0.3, -0.25) is 19.2 Å². The van der Waals surface area contributed by atoms with Crippen molar-refractivity contribution in [1.82, 2.24) is 0 Å². The van der Waals surface area contributed by atoms with Crippen molar-refractivity contribution in [3.63, 3.8) is 0 Å². The summed E-state index contributed by atoms with van der Waals surface area (Å²) < 4.78 is 45.8. The highest BCUT2D eigenvalue weighted by Crippen LogP contribution is 2.30. The van der Waals surface area contributed by atoms with Crippen LogP contribution in [-0.2, 0) is 54.0 Å². The molecule has 1 aliphatic heterocycles. The fraction of sp³-hybridized carbons (Fsp3) is 0.583. The van der Waals surface area contributed by atoms with Crippen molar-refractivity contribution >= 4 is 23.9 Å². The molecule has 0 radical (unpaired) electrons. The fourth-order valence-corrected chi connectivity index (χ4v) is 3.60. The molecule has 1 fully saturated rings. The van der Waals surface area contributed by atoms with Crippen molar-refractivity contribution < 1.29 is 52.0 Å². The predicted octanol–water partition coefficient (Wildman–Crippen LogP) is 2.25. The number of halogens is 1. The number of unbranched alkanes of at least 4 members (excludes halogenated alkanes) is 1. The minimum Gasteiger partial charge on any atom is -0.463 e. The highest BCUT2D eigenvalue weighted by molar-refractivity contribution is 5.68. The number of carbonyl (C=O) groups is 4. The van der Waals surface area contributed by atoms with Gasteiger partial charge in [-0.2, -0.15) is 0 Å². The van der Waals surface area contributed by atoms with E-state index in [0.29, 0.717) is 12.8 Å². The molecule has 0 amide bonds. The summed E-state index contributed by atoms with van der Waals surface area (Å²) in [7, 11) is 0. The molecule has 35 heavy (non-hydrogen) atoms. The van der Waals surface area contributed by atoms with Crippen LogP contribution >= 0.6 is 0 Å². The molecular formula is C24H31FO10. The number of benzene rings is 1. The minimum atomic E-state index is -1.26. The molecule has 1 aromatic rings. The van der Waals surface area contributed by atoms with E-state index in [-0.39, 0.29) is 19.0 Å². The number of aryl methyl sites for hydroxylation is 1. The van der Waals surface area contributed by atoms with Gasteiger partial charge >= 0.3 is 23.9 Å². The van der Waals surface area contributed by atoms with Gasteiger partial charge in [-0.05, 0) is 37.0 Å². The van der Waals surface area contributed by atoms with Gasteiger partial charge in [0.2, 0.25) is 0 Å². The first kappa shape index (κ1) is 28.2. The molecule has 0 aromatic heterocycles. The third-order valence-corrected chi connectivity index (χ3v) is 5.00. The highest BCUT2D eigenvalue weighted by atomic mass is 19.1. The van der Waals surface area contributed by atoms with E-state index in [1.54, 1.807) is 12.1 Å². The smallest absolute Gasteiger partial charge is 0.303 e. The van der Waals surface area contributed by atoms with E-state index in [0.717, 1.165) is 32.8 Å². The maximum atomic E-state index is 13.0. The van der Waals surface area contributed by atoms with E-state index >= 15 is 0 Å². The standard InChI is InChI=1S/C24H31FO10/c1-14(26)31-13-20-21(32-15(2)27)22(33-16(3)28)23(34-17(4)29)24(35-20)30-12-6-5-7-18-8-10-19(25)11-9-18/h8-11,20-24H,5-7,12-13H2,1-4H3. The zero-order valence-electron chi connectivity index (χ0n) is 20.2. The Kier molecular flexibility index (Phi) is 11.1. The van der Waals surface area contributed by atoms with Crippen LogP contribution in [-0.4, -0.2) is 67.8 Å². The fourth-order valence-electron chi connectivity index (χ4n) is 3.60. The molecule has 1 heterocycles.